The van der Waals surface area contributed by atoms with Crippen molar-refractivity contribution in [2.75, 3.05) is 13.2 Å². The van der Waals surface area contributed by atoms with Gasteiger partial charge in [-0.1, -0.05) is 6.07 Å². The standard InChI is InChI=1S/C24H26N4O6/c1-2-32-18-9-8-15(10-19(18)33-13-14-6-7-14)23-28-21(20(11-25)34-23)22(29)26-12-16-4-3-5-17(27-16)24(30)31/h3-5,8-10,14H,2,6-7,11-13,25H2,1H3,(H,26,29)(H,30,31). The second-order valence-electron chi connectivity index (χ2n) is 7.85. The van der Waals surface area contributed by atoms with Crippen LogP contribution < -0.4 is 20.5 Å². The van der Waals surface area contributed by atoms with Gasteiger partial charge in [-0.3, -0.25) is 4.79 Å². The molecule has 1 aliphatic carbocycles. The average Bonchev–Trinajstić information content (AvgIpc) is 3.58. The van der Waals surface area contributed by atoms with Crippen LogP contribution in [-0.4, -0.2) is 40.2 Å². The van der Waals surface area contributed by atoms with Gasteiger partial charge in [0.2, 0.25) is 5.89 Å². The lowest BCUT2D eigenvalue weighted by Crippen LogP contribution is -2.25. The van der Waals surface area contributed by atoms with Crippen molar-refractivity contribution >= 4 is 11.9 Å². The minimum atomic E-state index is -1.14. The van der Waals surface area contributed by atoms with Crippen molar-refractivity contribution in [1.82, 2.24) is 15.3 Å². The van der Waals surface area contributed by atoms with Gasteiger partial charge >= 0.3 is 5.97 Å². The average molecular weight is 466 g/mol. The first kappa shape index (κ1) is 23.2. The van der Waals surface area contributed by atoms with Crippen molar-refractivity contribution in [3.8, 4) is 23.0 Å². The predicted octanol–water partition coefficient (Wildman–Crippen LogP) is 3.01. The minimum absolute atomic E-state index is 0.0222. The molecule has 1 aromatic carbocycles. The highest BCUT2D eigenvalue weighted by atomic mass is 16.5. The zero-order valence-electron chi connectivity index (χ0n) is 18.7. The lowest BCUT2D eigenvalue weighted by molar-refractivity contribution is 0.0690. The van der Waals surface area contributed by atoms with Crippen LogP contribution in [0.4, 0.5) is 0 Å². The number of amides is 1. The summed E-state index contributed by atoms with van der Waals surface area (Å²) in [5, 5.41) is 11.8. The molecule has 0 bridgehead atoms. The number of nitrogens with one attached hydrogen (secondary N) is 1. The monoisotopic (exact) mass is 466 g/mol. The number of carbonyl (C=O) groups excluding carboxylic acids is 1. The maximum atomic E-state index is 12.8. The number of rotatable bonds is 11. The number of aromatic carboxylic acids is 1. The summed E-state index contributed by atoms with van der Waals surface area (Å²) in [6.07, 6.45) is 2.33. The number of nitrogens with zero attached hydrogens (tertiary/aromatic N) is 2. The van der Waals surface area contributed by atoms with Crippen molar-refractivity contribution in [3.05, 3.63) is 59.2 Å². The number of hydrogen-bond donors (Lipinski definition) is 3. The van der Waals surface area contributed by atoms with Gasteiger partial charge in [-0.25, -0.2) is 14.8 Å². The van der Waals surface area contributed by atoms with E-state index in [1.165, 1.54) is 6.07 Å². The molecule has 1 saturated carbocycles. The van der Waals surface area contributed by atoms with Gasteiger partial charge in [0, 0.05) is 5.56 Å². The highest BCUT2D eigenvalue weighted by molar-refractivity contribution is 5.93. The zero-order valence-corrected chi connectivity index (χ0v) is 18.7. The summed E-state index contributed by atoms with van der Waals surface area (Å²) in [7, 11) is 0. The van der Waals surface area contributed by atoms with Crippen molar-refractivity contribution in [1.29, 1.82) is 0 Å². The van der Waals surface area contributed by atoms with E-state index in [0.29, 0.717) is 41.9 Å². The van der Waals surface area contributed by atoms with Crippen LogP contribution in [0.5, 0.6) is 11.5 Å². The molecule has 4 rings (SSSR count). The molecule has 0 spiro atoms. The van der Waals surface area contributed by atoms with Crippen molar-refractivity contribution in [3.63, 3.8) is 0 Å². The van der Waals surface area contributed by atoms with E-state index < -0.39 is 11.9 Å². The largest absolute Gasteiger partial charge is 0.490 e. The van der Waals surface area contributed by atoms with Crippen LogP contribution in [0.2, 0.25) is 0 Å². The Morgan fingerprint density at radius 2 is 2.00 bits per heavy atom. The lowest BCUT2D eigenvalue weighted by Gasteiger charge is -2.12. The van der Waals surface area contributed by atoms with Gasteiger partial charge in [0.15, 0.2) is 23.0 Å². The predicted molar refractivity (Wildman–Crippen MR) is 122 cm³/mol. The van der Waals surface area contributed by atoms with Crippen LogP contribution in [-0.2, 0) is 13.1 Å². The Labute approximate surface area is 196 Å². The van der Waals surface area contributed by atoms with Gasteiger partial charge in [0.25, 0.3) is 5.91 Å². The Hall–Kier alpha value is -3.92. The molecule has 1 fully saturated rings. The Bertz CT molecular complexity index is 1190. The molecule has 0 saturated heterocycles. The lowest BCUT2D eigenvalue weighted by atomic mass is 10.2. The normalized spacial score (nSPS) is 12.9. The van der Waals surface area contributed by atoms with Crippen molar-refractivity contribution in [2.24, 2.45) is 11.7 Å². The van der Waals surface area contributed by atoms with E-state index in [2.05, 4.69) is 15.3 Å². The smallest absolute Gasteiger partial charge is 0.354 e. The van der Waals surface area contributed by atoms with Gasteiger partial charge < -0.3 is 30.0 Å². The van der Waals surface area contributed by atoms with Crippen LogP contribution >= 0.6 is 0 Å². The number of carboxylic acid groups (broad SMARTS) is 1. The molecule has 0 aliphatic heterocycles. The molecule has 1 aliphatic rings. The maximum Gasteiger partial charge on any atom is 0.354 e. The first-order valence-electron chi connectivity index (χ1n) is 11.1. The van der Waals surface area contributed by atoms with Gasteiger partial charge in [0.05, 0.1) is 32.0 Å². The third kappa shape index (κ3) is 5.52. The Balaban J connectivity index is 1.52. The topological polar surface area (TPSA) is 150 Å². The van der Waals surface area contributed by atoms with Gasteiger partial charge in [-0.05, 0) is 56.0 Å². The van der Waals surface area contributed by atoms with Gasteiger partial charge in [-0.15, -0.1) is 0 Å². The number of carboxylic acids is 1. The number of pyridine rings is 1. The maximum absolute atomic E-state index is 12.8. The molecule has 10 heteroatoms. The first-order chi connectivity index (χ1) is 16.5. The number of nitrogens with two attached hydrogens (primary N) is 1. The highest BCUT2D eigenvalue weighted by Crippen LogP contribution is 2.36. The van der Waals surface area contributed by atoms with Gasteiger partial charge in [-0.2, -0.15) is 0 Å². The summed E-state index contributed by atoms with van der Waals surface area (Å²) in [4.78, 5) is 32.2. The van der Waals surface area contributed by atoms with Crippen LogP contribution in [0.25, 0.3) is 11.5 Å². The van der Waals surface area contributed by atoms with E-state index >= 15 is 0 Å². The molecule has 3 aromatic rings. The molecule has 10 nitrogen and oxygen atoms in total. The fraction of sp³-hybridized carbons (Fsp3) is 0.333. The number of carbonyl (C=O) groups is 2. The van der Waals surface area contributed by atoms with E-state index in [1.807, 2.05) is 6.92 Å². The number of ether oxygens (including phenoxy) is 2. The van der Waals surface area contributed by atoms with E-state index in [4.69, 9.17) is 24.7 Å². The quantitative estimate of drug-likeness (QED) is 0.387. The molecular weight excluding hydrogens is 440 g/mol. The SMILES string of the molecule is CCOc1ccc(-c2nc(C(=O)NCc3cccc(C(=O)O)n3)c(CN)o2)cc1OCC1CC1. The number of hydrogen-bond acceptors (Lipinski definition) is 8. The molecule has 34 heavy (non-hydrogen) atoms. The fourth-order valence-electron chi connectivity index (χ4n) is 3.26. The summed E-state index contributed by atoms with van der Waals surface area (Å²) in [5.74, 6) is 0.611. The number of aromatic nitrogens is 2. The zero-order chi connectivity index (χ0) is 24.1. The van der Waals surface area contributed by atoms with E-state index in [9.17, 15) is 9.59 Å². The molecule has 0 radical (unpaired) electrons. The minimum Gasteiger partial charge on any atom is -0.490 e. The molecule has 1 amide bonds. The molecule has 0 atom stereocenters. The number of oxazole rings is 1. The van der Waals surface area contributed by atoms with Crippen LogP contribution in [0.3, 0.4) is 0 Å². The van der Waals surface area contributed by atoms with E-state index in [-0.39, 0.29) is 36.1 Å². The second-order valence-corrected chi connectivity index (χ2v) is 7.85. The van der Waals surface area contributed by atoms with Crippen LogP contribution in [0.1, 0.15) is 52.2 Å². The van der Waals surface area contributed by atoms with E-state index in [1.54, 1.807) is 30.3 Å². The Morgan fingerprint density at radius 1 is 1.18 bits per heavy atom. The van der Waals surface area contributed by atoms with Gasteiger partial charge in [0.1, 0.15) is 5.69 Å². The summed E-state index contributed by atoms with van der Waals surface area (Å²) in [6, 6.07) is 9.91. The molecule has 2 heterocycles. The fourth-order valence-corrected chi connectivity index (χ4v) is 3.26. The first-order valence-corrected chi connectivity index (χ1v) is 11.1. The molecule has 4 N–H and O–H groups in total. The third-order valence-corrected chi connectivity index (χ3v) is 5.22. The highest BCUT2D eigenvalue weighted by Gasteiger charge is 2.24. The second kappa shape index (κ2) is 10.3. The third-order valence-electron chi connectivity index (χ3n) is 5.22. The Kier molecular flexibility index (Phi) is 7.07. The molecule has 178 valence electrons. The Morgan fingerprint density at radius 3 is 2.71 bits per heavy atom. The summed E-state index contributed by atoms with van der Waals surface area (Å²) < 4.78 is 17.4. The molecular formula is C24H26N4O6. The van der Waals surface area contributed by atoms with Crippen LogP contribution in [0.15, 0.2) is 40.8 Å². The summed E-state index contributed by atoms with van der Waals surface area (Å²) >= 11 is 0. The van der Waals surface area contributed by atoms with E-state index in [0.717, 1.165) is 12.8 Å². The number of benzene rings is 1. The van der Waals surface area contributed by atoms with Crippen molar-refractivity contribution < 1.29 is 28.6 Å². The van der Waals surface area contributed by atoms with Crippen LogP contribution in [0, 0.1) is 5.92 Å². The molecule has 2 aromatic heterocycles. The molecule has 0 unspecified atom stereocenters. The summed E-state index contributed by atoms with van der Waals surface area (Å²) in [6.45, 7) is 3.02. The van der Waals surface area contributed by atoms with Crippen molar-refractivity contribution in [2.45, 2.75) is 32.9 Å². The summed E-state index contributed by atoms with van der Waals surface area (Å²) in [5.41, 5.74) is 6.76.